The van der Waals surface area contributed by atoms with Gasteiger partial charge in [0.15, 0.2) is 11.5 Å². The number of carbonyl (C=O) groups excluding carboxylic acids is 1. The van der Waals surface area contributed by atoms with Crippen molar-refractivity contribution in [3.05, 3.63) is 95.2 Å². The number of carbonyl (C=O) groups is 1. The van der Waals surface area contributed by atoms with Gasteiger partial charge < -0.3 is 19.4 Å². The highest BCUT2D eigenvalue weighted by Crippen LogP contribution is 2.41. The van der Waals surface area contributed by atoms with Gasteiger partial charge in [-0.1, -0.05) is 42.5 Å². The predicted octanol–water partition coefficient (Wildman–Crippen LogP) is 4.97. The van der Waals surface area contributed by atoms with Crippen molar-refractivity contribution in [2.24, 2.45) is 0 Å². The van der Waals surface area contributed by atoms with Crippen LogP contribution in [-0.2, 0) is 6.42 Å². The summed E-state index contributed by atoms with van der Waals surface area (Å²) in [6.07, 6.45) is 2.63. The first-order valence-corrected chi connectivity index (χ1v) is 10.4. The van der Waals surface area contributed by atoms with E-state index in [0.717, 1.165) is 28.5 Å². The van der Waals surface area contributed by atoms with Crippen LogP contribution in [0.1, 0.15) is 33.1 Å². The van der Waals surface area contributed by atoms with Gasteiger partial charge in [0.05, 0.1) is 31.3 Å². The standard InChI is InChI=1S/C26H24N2O3/c1-30-22-15-19-12-14-28(26(29)20-10-6-9-17-11-13-27-24(17)20)25(18-7-4-3-5-8-18)21(19)16-23(22)31-2/h3-11,13,15-16,25,27H,12,14H2,1-2H3. The second-order valence-electron chi connectivity index (χ2n) is 7.72. The molecule has 1 aliphatic rings. The van der Waals surface area contributed by atoms with E-state index in [9.17, 15) is 4.79 Å². The molecule has 5 rings (SSSR count). The van der Waals surface area contributed by atoms with E-state index < -0.39 is 0 Å². The second kappa shape index (κ2) is 7.84. The summed E-state index contributed by atoms with van der Waals surface area (Å²) >= 11 is 0. The van der Waals surface area contributed by atoms with Crippen molar-refractivity contribution >= 4 is 16.8 Å². The van der Waals surface area contributed by atoms with Crippen LogP contribution in [0.2, 0.25) is 0 Å². The molecule has 3 aromatic carbocycles. The maximum atomic E-state index is 13.8. The molecular weight excluding hydrogens is 388 g/mol. The number of rotatable bonds is 4. The molecule has 0 radical (unpaired) electrons. The average Bonchev–Trinajstić information content (AvgIpc) is 3.31. The summed E-state index contributed by atoms with van der Waals surface area (Å²) in [4.78, 5) is 19.0. The maximum absolute atomic E-state index is 13.8. The molecule has 0 spiro atoms. The number of ether oxygens (including phenoxy) is 2. The first-order chi connectivity index (χ1) is 15.2. The van der Waals surface area contributed by atoms with Crippen LogP contribution in [0.4, 0.5) is 0 Å². The van der Waals surface area contributed by atoms with Crippen LogP contribution >= 0.6 is 0 Å². The average molecular weight is 412 g/mol. The van der Waals surface area contributed by atoms with Gasteiger partial charge in [-0.25, -0.2) is 0 Å². The van der Waals surface area contributed by atoms with E-state index in [1.54, 1.807) is 14.2 Å². The summed E-state index contributed by atoms with van der Waals surface area (Å²) in [5.41, 5.74) is 4.88. The van der Waals surface area contributed by atoms with Crippen LogP contribution in [0.15, 0.2) is 72.9 Å². The van der Waals surface area contributed by atoms with Crippen LogP contribution in [0.3, 0.4) is 0 Å². The summed E-state index contributed by atoms with van der Waals surface area (Å²) in [6.45, 7) is 0.623. The number of para-hydroxylation sites is 1. The lowest BCUT2D eigenvalue weighted by atomic mass is 9.87. The van der Waals surface area contributed by atoms with E-state index in [4.69, 9.17) is 9.47 Å². The minimum absolute atomic E-state index is 0.0161. The van der Waals surface area contributed by atoms with E-state index in [2.05, 4.69) is 17.1 Å². The van der Waals surface area contributed by atoms with Gasteiger partial charge in [-0.15, -0.1) is 0 Å². The number of nitrogens with zero attached hydrogens (tertiary/aromatic N) is 1. The number of H-pyrrole nitrogens is 1. The highest BCUT2D eigenvalue weighted by molar-refractivity contribution is 6.06. The van der Waals surface area contributed by atoms with Crippen LogP contribution in [0, 0.1) is 0 Å². The Hall–Kier alpha value is -3.73. The molecule has 0 saturated heterocycles. The lowest BCUT2D eigenvalue weighted by Gasteiger charge is -2.38. The quantitative estimate of drug-likeness (QED) is 0.515. The van der Waals surface area contributed by atoms with Crippen molar-refractivity contribution in [2.45, 2.75) is 12.5 Å². The molecule has 5 nitrogen and oxygen atoms in total. The monoisotopic (exact) mass is 412 g/mol. The van der Waals surface area contributed by atoms with E-state index in [-0.39, 0.29) is 11.9 Å². The molecule has 0 fully saturated rings. The lowest BCUT2D eigenvalue weighted by Crippen LogP contribution is -2.40. The molecule has 1 aromatic heterocycles. The fraction of sp³-hybridized carbons (Fsp3) is 0.192. The largest absolute Gasteiger partial charge is 0.493 e. The predicted molar refractivity (Wildman–Crippen MR) is 121 cm³/mol. The summed E-state index contributed by atoms with van der Waals surface area (Å²) in [6, 6.07) is 21.9. The molecule has 1 unspecified atom stereocenters. The Labute approximate surface area is 181 Å². The first-order valence-electron chi connectivity index (χ1n) is 10.4. The Balaban J connectivity index is 1.66. The summed E-state index contributed by atoms with van der Waals surface area (Å²) in [5.74, 6) is 1.40. The van der Waals surface area contributed by atoms with E-state index in [1.165, 1.54) is 5.56 Å². The van der Waals surface area contributed by atoms with Crippen LogP contribution in [0.5, 0.6) is 11.5 Å². The van der Waals surface area contributed by atoms with Gasteiger partial charge in [0, 0.05) is 18.1 Å². The van der Waals surface area contributed by atoms with Gasteiger partial charge in [0.2, 0.25) is 0 Å². The number of amides is 1. The Morgan fingerprint density at radius 1 is 0.968 bits per heavy atom. The van der Waals surface area contributed by atoms with Gasteiger partial charge >= 0.3 is 0 Å². The molecule has 1 atom stereocenters. The normalized spacial score (nSPS) is 15.5. The minimum Gasteiger partial charge on any atom is -0.493 e. The SMILES string of the molecule is COc1cc2c(cc1OC)C(c1ccccc1)N(C(=O)c1cccc3cc[nH]c13)CC2. The number of benzene rings is 3. The Morgan fingerprint density at radius 3 is 2.52 bits per heavy atom. The first kappa shape index (κ1) is 19.2. The molecule has 4 aromatic rings. The molecule has 1 N–H and O–H groups in total. The lowest BCUT2D eigenvalue weighted by molar-refractivity contribution is 0.0696. The molecule has 31 heavy (non-hydrogen) atoms. The molecule has 156 valence electrons. The highest BCUT2D eigenvalue weighted by Gasteiger charge is 2.34. The third-order valence-corrected chi connectivity index (χ3v) is 6.07. The summed E-state index contributed by atoms with van der Waals surface area (Å²) < 4.78 is 11.1. The molecular formula is C26H24N2O3. The van der Waals surface area contributed by atoms with Crippen molar-refractivity contribution < 1.29 is 14.3 Å². The van der Waals surface area contributed by atoms with Gasteiger partial charge in [0.25, 0.3) is 5.91 Å². The third-order valence-electron chi connectivity index (χ3n) is 6.07. The zero-order valence-corrected chi connectivity index (χ0v) is 17.6. The molecule has 1 amide bonds. The van der Waals surface area contributed by atoms with Crippen LogP contribution < -0.4 is 9.47 Å². The summed E-state index contributed by atoms with van der Waals surface area (Å²) in [5, 5.41) is 1.03. The van der Waals surface area contributed by atoms with Crippen LogP contribution in [-0.4, -0.2) is 36.6 Å². The molecule has 5 heteroatoms. The molecule has 1 aliphatic heterocycles. The Bertz CT molecular complexity index is 1250. The molecule has 2 heterocycles. The van der Waals surface area contributed by atoms with E-state index >= 15 is 0 Å². The number of fused-ring (bicyclic) bond motifs is 2. The fourth-order valence-electron chi connectivity index (χ4n) is 4.58. The number of hydrogen-bond donors (Lipinski definition) is 1. The zero-order valence-electron chi connectivity index (χ0n) is 17.6. The van der Waals surface area contributed by atoms with Crippen molar-refractivity contribution in [1.29, 1.82) is 0 Å². The number of nitrogens with one attached hydrogen (secondary N) is 1. The van der Waals surface area contributed by atoms with Gasteiger partial charge in [-0.05, 0) is 47.4 Å². The Morgan fingerprint density at radius 2 is 1.74 bits per heavy atom. The third kappa shape index (κ3) is 3.22. The number of aromatic amines is 1. The minimum atomic E-state index is -0.206. The highest BCUT2D eigenvalue weighted by atomic mass is 16.5. The van der Waals surface area contributed by atoms with Crippen molar-refractivity contribution in [3.63, 3.8) is 0 Å². The topological polar surface area (TPSA) is 54.6 Å². The molecule has 0 aliphatic carbocycles. The van der Waals surface area contributed by atoms with Crippen LogP contribution in [0.25, 0.3) is 10.9 Å². The zero-order chi connectivity index (χ0) is 21.4. The number of methoxy groups -OCH3 is 2. The number of aromatic nitrogens is 1. The smallest absolute Gasteiger partial charge is 0.256 e. The van der Waals surface area contributed by atoms with Crippen molar-refractivity contribution in [3.8, 4) is 11.5 Å². The summed E-state index contributed by atoms with van der Waals surface area (Å²) in [7, 11) is 3.29. The molecule has 0 bridgehead atoms. The maximum Gasteiger partial charge on any atom is 0.256 e. The number of hydrogen-bond acceptors (Lipinski definition) is 3. The van der Waals surface area contributed by atoms with Gasteiger partial charge in [0.1, 0.15) is 0 Å². The Kier molecular flexibility index (Phi) is 4.86. The van der Waals surface area contributed by atoms with Gasteiger partial charge in [-0.3, -0.25) is 4.79 Å². The molecule has 0 saturated carbocycles. The van der Waals surface area contributed by atoms with E-state index in [1.807, 2.05) is 65.7 Å². The van der Waals surface area contributed by atoms with Gasteiger partial charge in [-0.2, -0.15) is 0 Å². The second-order valence-corrected chi connectivity index (χ2v) is 7.72. The van der Waals surface area contributed by atoms with Crippen molar-refractivity contribution in [2.75, 3.05) is 20.8 Å². The van der Waals surface area contributed by atoms with Crippen molar-refractivity contribution in [1.82, 2.24) is 9.88 Å². The van der Waals surface area contributed by atoms with E-state index in [0.29, 0.717) is 23.6 Å². The fourth-order valence-corrected chi connectivity index (χ4v) is 4.58.